The van der Waals surface area contributed by atoms with Crippen LogP contribution >= 0.6 is 11.6 Å². The molecule has 5 nitrogen and oxygen atoms in total. The second-order valence-electron chi connectivity index (χ2n) is 4.16. The Kier molecular flexibility index (Phi) is 4.10. The van der Waals surface area contributed by atoms with Crippen molar-refractivity contribution >= 4 is 29.1 Å². The normalized spacial score (nSPS) is 10.2. The number of benzene rings is 1. The number of rotatable bonds is 4. The number of hydrogen-bond donors (Lipinski definition) is 2. The van der Waals surface area contributed by atoms with Crippen LogP contribution in [0.1, 0.15) is 15.9 Å². The van der Waals surface area contributed by atoms with Crippen molar-refractivity contribution in [2.75, 3.05) is 12.4 Å². The van der Waals surface area contributed by atoms with Gasteiger partial charge < -0.3 is 15.2 Å². The zero-order chi connectivity index (χ0) is 14.7. The van der Waals surface area contributed by atoms with Crippen LogP contribution in [0.5, 0.6) is 5.75 Å². The molecule has 0 aliphatic carbocycles. The largest absolute Gasteiger partial charge is 0.495 e. The average Bonchev–Trinajstić information content (AvgIpc) is 2.38. The van der Waals surface area contributed by atoms with Crippen molar-refractivity contribution in [1.29, 1.82) is 0 Å². The molecule has 0 bridgehead atoms. The molecular weight excluding hydrogens is 280 g/mol. The Morgan fingerprint density at radius 1 is 1.35 bits per heavy atom. The van der Waals surface area contributed by atoms with Crippen LogP contribution in [0.2, 0.25) is 5.15 Å². The zero-order valence-corrected chi connectivity index (χ0v) is 11.7. The second kappa shape index (κ2) is 5.79. The monoisotopic (exact) mass is 292 g/mol. The predicted octanol–water partition coefficient (Wildman–Crippen LogP) is 3.49. The van der Waals surface area contributed by atoms with E-state index >= 15 is 0 Å². The lowest BCUT2D eigenvalue weighted by atomic mass is 10.2. The topological polar surface area (TPSA) is 71.5 Å². The number of aryl methyl sites for hydroxylation is 1. The summed E-state index contributed by atoms with van der Waals surface area (Å²) in [7, 11) is 1.54. The fourth-order valence-corrected chi connectivity index (χ4v) is 1.90. The van der Waals surface area contributed by atoms with Crippen LogP contribution in [0, 0.1) is 6.92 Å². The predicted molar refractivity (Wildman–Crippen MR) is 77.2 cm³/mol. The first-order valence-electron chi connectivity index (χ1n) is 5.83. The van der Waals surface area contributed by atoms with Crippen LogP contribution in [0.3, 0.4) is 0 Å². The number of anilines is 2. The molecule has 0 fully saturated rings. The molecule has 0 saturated heterocycles. The van der Waals surface area contributed by atoms with E-state index in [0.717, 1.165) is 5.56 Å². The fraction of sp³-hybridized carbons (Fsp3) is 0.143. The summed E-state index contributed by atoms with van der Waals surface area (Å²) in [4.78, 5) is 15.2. The van der Waals surface area contributed by atoms with E-state index in [1.165, 1.54) is 12.1 Å². The fourth-order valence-electron chi connectivity index (χ4n) is 1.75. The lowest BCUT2D eigenvalue weighted by molar-refractivity contribution is 0.0697. The van der Waals surface area contributed by atoms with Gasteiger partial charge in [0.25, 0.3) is 0 Å². The van der Waals surface area contributed by atoms with Gasteiger partial charge in [-0.15, -0.1) is 0 Å². The molecule has 0 aliphatic rings. The maximum atomic E-state index is 11.2. The number of nitrogens with one attached hydrogen (secondary N) is 1. The van der Waals surface area contributed by atoms with Gasteiger partial charge in [0.15, 0.2) is 0 Å². The zero-order valence-electron chi connectivity index (χ0n) is 11.0. The van der Waals surface area contributed by atoms with E-state index in [-0.39, 0.29) is 16.5 Å². The highest BCUT2D eigenvalue weighted by atomic mass is 35.5. The van der Waals surface area contributed by atoms with Crippen LogP contribution in [-0.4, -0.2) is 23.2 Å². The second-order valence-corrected chi connectivity index (χ2v) is 4.55. The molecule has 1 aromatic heterocycles. The third-order valence-electron chi connectivity index (χ3n) is 2.70. The Morgan fingerprint density at radius 3 is 2.75 bits per heavy atom. The average molecular weight is 293 g/mol. The first kappa shape index (κ1) is 14.1. The number of nitrogens with zero attached hydrogens (tertiary/aromatic N) is 1. The molecule has 0 unspecified atom stereocenters. The van der Waals surface area contributed by atoms with Crippen LogP contribution in [0.25, 0.3) is 0 Å². The molecule has 6 heteroatoms. The molecule has 104 valence electrons. The number of aromatic nitrogens is 1. The summed E-state index contributed by atoms with van der Waals surface area (Å²) >= 11 is 5.82. The van der Waals surface area contributed by atoms with Gasteiger partial charge in [-0.1, -0.05) is 17.7 Å². The Labute approximate surface area is 121 Å². The summed E-state index contributed by atoms with van der Waals surface area (Å²) in [5, 5.41) is 12.3. The lowest BCUT2D eigenvalue weighted by Crippen LogP contribution is -2.05. The summed E-state index contributed by atoms with van der Waals surface area (Å²) in [6.07, 6.45) is 0. The van der Waals surface area contributed by atoms with E-state index in [2.05, 4.69) is 10.3 Å². The highest BCUT2D eigenvalue weighted by Crippen LogP contribution is 2.29. The smallest absolute Gasteiger partial charge is 0.339 e. The number of hydrogen-bond acceptors (Lipinski definition) is 4. The van der Waals surface area contributed by atoms with Gasteiger partial charge in [0.1, 0.15) is 22.3 Å². The maximum Gasteiger partial charge on any atom is 0.339 e. The van der Waals surface area contributed by atoms with Gasteiger partial charge in [-0.2, -0.15) is 0 Å². The molecule has 20 heavy (non-hydrogen) atoms. The Hall–Kier alpha value is -2.27. The minimum absolute atomic E-state index is 0.0398. The van der Waals surface area contributed by atoms with Gasteiger partial charge in [0.05, 0.1) is 12.8 Å². The Balaban J connectivity index is 2.46. The van der Waals surface area contributed by atoms with Crippen LogP contribution in [0.4, 0.5) is 11.5 Å². The van der Waals surface area contributed by atoms with Gasteiger partial charge in [0.2, 0.25) is 0 Å². The van der Waals surface area contributed by atoms with E-state index in [0.29, 0.717) is 11.4 Å². The molecule has 0 atom stereocenters. The van der Waals surface area contributed by atoms with Gasteiger partial charge in [-0.25, -0.2) is 9.78 Å². The van der Waals surface area contributed by atoms with Crippen LogP contribution in [-0.2, 0) is 0 Å². The number of halogens is 1. The van der Waals surface area contributed by atoms with Crippen molar-refractivity contribution in [3.63, 3.8) is 0 Å². The number of aromatic carboxylic acids is 1. The molecule has 0 spiro atoms. The van der Waals surface area contributed by atoms with Crippen molar-refractivity contribution in [3.05, 3.63) is 46.6 Å². The number of carboxylic acid groups (broad SMARTS) is 1. The van der Waals surface area contributed by atoms with Gasteiger partial charge in [-0.3, -0.25) is 0 Å². The quantitative estimate of drug-likeness (QED) is 0.844. The molecule has 0 radical (unpaired) electrons. The van der Waals surface area contributed by atoms with E-state index < -0.39 is 5.97 Å². The molecule has 1 aromatic carbocycles. The maximum absolute atomic E-state index is 11.2. The van der Waals surface area contributed by atoms with E-state index in [1.807, 2.05) is 19.1 Å². The van der Waals surface area contributed by atoms with E-state index in [4.69, 9.17) is 21.4 Å². The lowest BCUT2D eigenvalue weighted by Gasteiger charge is -2.13. The number of carboxylic acids is 1. The van der Waals surface area contributed by atoms with E-state index in [1.54, 1.807) is 13.2 Å². The summed E-state index contributed by atoms with van der Waals surface area (Å²) in [6.45, 7) is 1.92. The standard InChI is InChI=1S/C14H13ClN2O3/c1-8-3-5-11(20-2)10(7-8)16-13-9(14(18)19)4-6-12(15)17-13/h3-7H,1-2H3,(H,16,17)(H,18,19). The molecule has 2 N–H and O–H groups in total. The Bertz CT molecular complexity index is 659. The first-order chi connectivity index (χ1) is 9.51. The highest BCUT2D eigenvalue weighted by Gasteiger charge is 2.14. The van der Waals surface area contributed by atoms with Crippen molar-refractivity contribution in [2.45, 2.75) is 6.92 Å². The number of carbonyl (C=O) groups is 1. The van der Waals surface area contributed by atoms with E-state index in [9.17, 15) is 4.79 Å². The van der Waals surface area contributed by atoms with Crippen molar-refractivity contribution in [1.82, 2.24) is 4.98 Å². The Morgan fingerprint density at radius 2 is 2.10 bits per heavy atom. The minimum Gasteiger partial charge on any atom is -0.495 e. The minimum atomic E-state index is -1.08. The molecule has 0 amide bonds. The molecule has 1 heterocycles. The molecule has 0 aliphatic heterocycles. The van der Waals surface area contributed by atoms with Crippen molar-refractivity contribution in [2.24, 2.45) is 0 Å². The molecular formula is C14H13ClN2O3. The number of ether oxygens (including phenoxy) is 1. The molecule has 2 aromatic rings. The first-order valence-corrected chi connectivity index (χ1v) is 6.20. The third-order valence-corrected chi connectivity index (χ3v) is 2.91. The number of pyridine rings is 1. The van der Waals surface area contributed by atoms with Crippen molar-refractivity contribution < 1.29 is 14.6 Å². The summed E-state index contributed by atoms with van der Waals surface area (Å²) < 4.78 is 5.23. The van der Waals surface area contributed by atoms with Gasteiger partial charge in [0, 0.05) is 0 Å². The summed E-state index contributed by atoms with van der Waals surface area (Å²) in [6, 6.07) is 8.37. The van der Waals surface area contributed by atoms with Crippen LogP contribution in [0.15, 0.2) is 30.3 Å². The molecule has 0 saturated carbocycles. The third kappa shape index (κ3) is 3.00. The summed E-state index contributed by atoms with van der Waals surface area (Å²) in [5.74, 6) is -0.314. The number of methoxy groups -OCH3 is 1. The van der Waals surface area contributed by atoms with Crippen LogP contribution < -0.4 is 10.1 Å². The SMILES string of the molecule is COc1ccc(C)cc1Nc1nc(Cl)ccc1C(=O)O. The summed E-state index contributed by atoms with van der Waals surface area (Å²) in [5.41, 5.74) is 1.68. The van der Waals surface area contributed by atoms with Crippen molar-refractivity contribution in [3.8, 4) is 5.75 Å². The molecule has 2 rings (SSSR count). The van der Waals surface area contributed by atoms with Gasteiger partial charge in [-0.05, 0) is 36.8 Å². The highest BCUT2D eigenvalue weighted by molar-refractivity contribution is 6.29. The van der Waals surface area contributed by atoms with Gasteiger partial charge >= 0.3 is 5.97 Å².